The van der Waals surface area contributed by atoms with Gasteiger partial charge in [0.05, 0.1) is 11.2 Å². The van der Waals surface area contributed by atoms with Crippen LogP contribution in [0.3, 0.4) is 0 Å². The standard InChI is InChI=1S/C21H28BF2NO2/c1-20(2)21(3,4)27-22(26-20)19(24)18(13-5-7-15(23)8-6-13)14-11-16-9-10-17(12-14)25-16/h5-8,14,16-17,25H,9-12H2,1-4H3. The zero-order valence-electron chi connectivity index (χ0n) is 16.5. The lowest BCUT2D eigenvalue weighted by molar-refractivity contribution is 0.00578. The molecular weight excluding hydrogens is 347 g/mol. The summed E-state index contributed by atoms with van der Waals surface area (Å²) in [6, 6.07) is 6.97. The van der Waals surface area contributed by atoms with Crippen LogP contribution in [0.1, 0.15) is 58.9 Å². The molecule has 1 aromatic rings. The lowest BCUT2D eigenvalue weighted by Gasteiger charge is -2.32. The van der Waals surface area contributed by atoms with E-state index in [1.54, 1.807) is 12.1 Å². The highest BCUT2D eigenvalue weighted by Gasteiger charge is 2.54. The molecule has 3 nitrogen and oxygen atoms in total. The molecule has 2 unspecified atom stereocenters. The van der Waals surface area contributed by atoms with Gasteiger partial charge < -0.3 is 14.6 Å². The molecule has 0 saturated carbocycles. The Kier molecular flexibility index (Phi) is 4.72. The normalized spacial score (nSPS) is 32.5. The van der Waals surface area contributed by atoms with Crippen LogP contribution in [0.2, 0.25) is 0 Å². The molecule has 3 heterocycles. The van der Waals surface area contributed by atoms with Crippen molar-refractivity contribution in [1.29, 1.82) is 0 Å². The minimum absolute atomic E-state index is 0.0771. The summed E-state index contributed by atoms with van der Waals surface area (Å²) >= 11 is 0. The molecule has 4 rings (SSSR count). The highest BCUT2D eigenvalue weighted by molar-refractivity contribution is 6.55. The first-order valence-electron chi connectivity index (χ1n) is 9.93. The topological polar surface area (TPSA) is 30.5 Å². The van der Waals surface area contributed by atoms with E-state index in [9.17, 15) is 4.39 Å². The highest BCUT2D eigenvalue weighted by Crippen LogP contribution is 2.44. The molecule has 2 atom stereocenters. The van der Waals surface area contributed by atoms with Crippen LogP contribution in [-0.2, 0) is 9.31 Å². The molecule has 0 radical (unpaired) electrons. The lowest BCUT2D eigenvalue weighted by Crippen LogP contribution is -2.41. The second-order valence-corrected chi connectivity index (χ2v) is 9.16. The van der Waals surface area contributed by atoms with Crippen molar-refractivity contribution in [3.8, 4) is 0 Å². The van der Waals surface area contributed by atoms with Crippen LogP contribution in [0.5, 0.6) is 0 Å². The minimum Gasteiger partial charge on any atom is -0.398 e. The predicted octanol–water partition coefficient (Wildman–Crippen LogP) is 4.67. The van der Waals surface area contributed by atoms with Crippen molar-refractivity contribution in [2.75, 3.05) is 0 Å². The van der Waals surface area contributed by atoms with Crippen LogP contribution < -0.4 is 5.32 Å². The number of hydrogen-bond acceptors (Lipinski definition) is 3. The van der Waals surface area contributed by atoms with Gasteiger partial charge in [-0.3, -0.25) is 0 Å². The van der Waals surface area contributed by atoms with Crippen molar-refractivity contribution in [3.63, 3.8) is 0 Å². The molecule has 3 saturated heterocycles. The van der Waals surface area contributed by atoms with Gasteiger partial charge in [0, 0.05) is 12.1 Å². The van der Waals surface area contributed by atoms with E-state index in [1.807, 2.05) is 27.7 Å². The Morgan fingerprint density at radius 2 is 1.52 bits per heavy atom. The quantitative estimate of drug-likeness (QED) is 0.779. The minimum atomic E-state index is -1.03. The molecule has 3 fully saturated rings. The van der Waals surface area contributed by atoms with Crippen molar-refractivity contribution in [2.45, 2.75) is 76.7 Å². The first-order chi connectivity index (χ1) is 12.7. The van der Waals surface area contributed by atoms with Gasteiger partial charge in [-0.2, -0.15) is 0 Å². The fourth-order valence-electron chi connectivity index (χ4n) is 4.56. The predicted molar refractivity (Wildman–Crippen MR) is 103 cm³/mol. The van der Waals surface area contributed by atoms with E-state index < -0.39 is 18.3 Å². The number of fused-ring (bicyclic) bond motifs is 2. The number of nitrogens with one attached hydrogen (secondary N) is 1. The van der Waals surface area contributed by atoms with Crippen LogP contribution >= 0.6 is 0 Å². The van der Waals surface area contributed by atoms with Crippen LogP contribution in [0.25, 0.3) is 5.57 Å². The van der Waals surface area contributed by atoms with Crippen molar-refractivity contribution in [2.24, 2.45) is 5.92 Å². The van der Waals surface area contributed by atoms with Crippen molar-refractivity contribution in [1.82, 2.24) is 5.32 Å². The Labute approximate surface area is 160 Å². The first kappa shape index (κ1) is 19.1. The van der Waals surface area contributed by atoms with Gasteiger partial charge in [-0.15, -0.1) is 0 Å². The number of piperidine rings is 1. The Morgan fingerprint density at radius 1 is 1.00 bits per heavy atom. The second-order valence-electron chi connectivity index (χ2n) is 9.16. The van der Waals surface area contributed by atoms with Crippen molar-refractivity contribution < 1.29 is 18.1 Å². The zero-order chi connectivity index (χ0) is 19.4. The fourth-order valence-corrected chi connectivity index (χ4v) is 4.56. The number of allylic oxidation sites excluding steroid dienone is 1. The zero-order valence-corrected chi connectivity index (χ0v) is 16.5. The van der Waals surface area contributed by atoms with Gasteiger partial charge in [0.15, 0.2) is 0 Å². The summed E-state index contributed by atoms with van der Waals surface area (Å²) < 4.78 is 41.2. The Morgan fingerprint density at radius 3 is 2.04 bits per heavy atom. The van der Waals surface area contributed by atoms with E-state index in [0.29, 0.717) is 17.7 Å². The Hall–Kier alpha value is -1.24. The summed E-state index contributed by atoms with van der Waals surface area (Å²) in [5.74, 6) is -0.243. The molecule has 0 aromatic heterocycles. The van der Waals surface area contributed by atoms with E-state index >= 15 is 4.39 Å². The number of hydrogen-bond donors (Lipinski definition) is 1. The molecule has 0 aliphatic carbocycles. The molecule has 1 N–H and O–H groups in total. The molecule has 3 aliphatic heterocycles. The molecule has 3 aliphatic rings. The summed E-state index contributed by atoms with van der Waals surface area (Å²) in [4.78, 5) is 0. The summed E-state index contributed by atoms with van der Waals surface area (Å²) in [5, 5.41) is 3.60. The molecule has 0 amide bonds. The van der Waals surface area contributed by atoms with Gasteiger partial charge in [-0.05, 0) is 82.6 Å². The van der Waals surface area contributed by atoms with E-state index in [4.69, 9.17) is 9.31 Å². The van der Waals surface area contributed by atoms with E-state index in [2.05, 4.69) is 5.32 Å². The number of halogens is 2. The van der Waals surface area contributed by atoms with Gasteiger partial charge in [0.1, 0.15) is 11.5 Å². The maximum atomic E-state index is 15.8. The van der Waals surface area contributed by atoms with Gasteiger partial charge in [0.2, 0.25) is 0 Å². The summed E-state index contributed by atoms with van der Waals surface area (Å²) in [5.41, 5.74) is -0.236. The molecular formula is C21H28BF2NO2. The molecule has 0 spiro atoms. The molecule has 146 valence electrons. The largest absolute Gasteiger partial charge is 0.525 e. The van der Waals surface area contributed by atoms with Gasteiger partial charge in [-0.1, -0.05) is 12.1 Å². The third-order valence-corrected chi connectivity index (χ3v) is 6.75. The maximum absolute atomic E-state index is 15.8. The van der Waals surface area contributed by atoms with Crippen molar-refractivity contribution >= 4 is 12.7 Å². The highest BCUT2D eigenvalue weighted by atomic mass is 19.1. The molecule has 1 aromatic carbocycles. The van der Waals surface area contributed by atoms with Gasteiger partial charge >= 0.3 is 7.12 Å². The Bertz CT molecular complexity index is 719. The lowest BCUT2D eigenvalue weighted by atomic mass is 9.74. The third kappa shape index (κ3) is 3.48. The summed E-state index contributed by atoms with van der Waals surface area (Å²) in [6.45, 7) is 7.68. The van der Waals surface area contributed by atoms with E-state index in [-0.39, 0.29) is 17.5 Å². The average Bonchev–Trinajstić information content (AvgIpc) is 3.04. The van der Waals surface area contributed by atoms with Crippen molar-refractivity contribution in [3.05, 3.63) is 41.4 Å². The number of benzene rings is 1. The molecule has 6 heteroatoms. The Balaban J connectivity index is 1.73. The summed E-state index contributed by atoms with van der Waals surface area (Å²) in [7, 11) is -1.03. The number of rotatable bonds is 3. The van der Waals surface area contributed by atoms with Crippen LogP contribution in [0.4, 0.5) is 8.78 Å². The first-order valence-corrected chi connectivity index (χ1v) is 9.93. The van der Waals surface area contributed by atoms with Gasteiger partial charge in [-0.25, -0.2) is 8.78 Å². The van der Waals surface area contributed by atoms with Crippen LogP contribution in [-0.4, -0.2) is 30.4 Å². The monoisotopic (exact) mass is 375 g/mol. The van der Waals surface area contributed by atoms with E-state index in [0.717, 1.165) is 31.2 Å². The smallest absolute Gasteiger partial charge is 0.398 e. The molecule has 2 bridgehead atoms. The van der Waals surface area contributed by atoms with Crippen LogP contribution in [0, 0.1) is 11.7 Å². The third-order valence-electron chi connectivity index (χ3n) is 6.75. The SMILES string of the molecule is CC1(C)OB(C(F)=C(c2ccc(F)cc2)C2CC3CCC(C2)N3)OC1(C)C. The average molecular weight is 375 g/mol. The van der Waals surface area contributed by atoms with E-state index in [1.165, 1.54) is 12.1 Å². The fraction of sp³-hybridized carbons (Fsp3) is 0.619. The van der Waals surface area contributed by atoms with Crippen LogP contribution in [0.15, 0.2) is 30.0 Å². The summed E-state index contributed by atoms with van der Waals surface area (Å²) in [6.07, 6.45) is 4.04. The molecule has 27 heavy (non-hydrogen) atoms. The van der Waals surface area contributed by atoms with Gasteiger partial charge in [0.25, 0.3) is 0 Å². The maximum Gasteiger partial charge on any atom is 0.525 e. The second kappa shape index (κ2) is 6.68.